The van der Waals surface area contributed by atoms with Crippen LogP contribution in [0.15, 0.2) is 54.9 Å². The van der Waals surface area contributed by atoms with E-state index in [-0.39, 0.29) is 40.1 Å². The third kappa shape index (κ3) is 6.39. The molecule has 0 saturated carbocycles. The van der Waals surface area contributed by atoms with Crippen molar-refractivity contribution in [2.45, 2.75) is 19.4 Å². The van der Waals surface area contributed by atoms with Gasteiger partial charge >= 0.3 is 0 Å². The summed E-state index contributed by atoms with van der Waals surface area (Å²) in [5.41, 5.74) is 10.5. The van der Waals surface area contributed by atoms with Crippen molar-refractivity contribution >= 4 is 34.9 Å². The first-order valence-corrected chi connectivity index (χ1v) is 11.1. The predicted molar refractivity (Wildman–Crippen MR) is 133 cm³/mol. The molecule has 188 valence electrons. The first-order chi connectivity index (χ1) is 17.2. The fourth-order valence-corrected chi connectivity index (χ4v) is 3.32. The molecule has 1 heterocycles. The average Bonchev–Trinajstić information content (AvgIpc) is 2.86. The van der Waals surface area contributed by atoms with Gasteiger partial charge in [-0.05, 0) is 42.8 Å². The molecule has 0 aliphatic heterocycles. The number of nitrogens with one attached hydrogen (secondary N) is 4. The molecule has 10 nitrogen and oxygen atoms in total. The summed E-state index contributed by atoms with van der Waals surface area (Å²) in [5.74, 6) is -3.17. The summed E-state index contributed by atoms with van der Waals surface area (Å²) in [4.78, 5) is 29.4. The fourth-order valence-electron chi connectivity index (χ4n) is 3.13. The Labute approximate surface area is 211 Å². The first kappa shape index (κ1) is 26.2. The zero-order valence-electron chi connectivity index (χ0n) is 19.1. The van der Waals surface area contributed by atoms with Gasteiger partial charge < -0.3 is 20.9 Å². The lowest BCUT2D eigenvalue weighted by atomic mass is 10.0. The van der Waals surface area contributed by atoms with E-state index in [2.05, 4.69) is 21.2 Å². The Morgan fingerprint density at radius 3 is 2.58 bits per heavy atom. The topological polar surface area (TPSA) is 162 Å². The standard InChI is InChI=1S/C24H24ClFN6O4/c1-2-9-36-19-11-15(33)10-16(20(19)26)21(30-14-5-3-13(4-6-14)22(27)28)24(35)32-31-23(34)17-12-29-8-7-18(17)25/h3-8,10-12,21,30,33H,2,9H2,1H3,(H3,27,28)(H,31,34)(H,32,35). The van der Waals surface area contributed by atoms with Crippen molar-refractivity contribution < 1.29 is 23.8 Å². The van der Waals surface area contributed by atoms with Crippen molar-refractivity contribution in [1.82, 2.24) is 15.8 Å². The Bertz CT molecular complexity index is 1270. The predicted octanol–water partition coefficient (Wildman–Crippen LogP) is 3.27. The van der Waals surface area contributed by atoms with Gasteiger partial charge in [0, 0.05) is 35.3 Å². The number of amides is 2. The van der Waals surface area contributed by atoms with Crippen molar-refractivity contribution in [1.29, 1.82) is 5.41 Å². The molecule has 0 aliphatic rings. The molecule has 7 N–H and O–H groups in total. The van der Waals surface area contributed by atoms with Gasteiger partial charge in [0.2, 0.25) is 0 Å². The summed E-state index contributed by atoms with van der Waals surface area (Å²) in [5, 5.41) is 20.7. The van der Waals surface area contributed by atoms with Gasteiger partial charge in [0.25, 0.3) is 11.8 Å². The number of rotatable bonds is 9. The summed E-state index contributed by atoms with van der Waals surface area (Å²) in [6.45, 7) is 2.03. The fraction of sp³-hybridized carbons (Fsp3) is 0.167. The SMILES string of the molecule is CCCOc1cc(O)cc(C(Nc2ccc(C(=N)N)cc2)C(=O)NNC(=O)c2cnccc2Cl)c1F. The van der Waals surface area contributed by atoms with Crippen molar-refractivity contribution in [2.75, 3.05) is 11.9 Å². The Morgan fingerprint density at radius 2 is 1.94 bits per heavy atom. The molecule has 0 saturated heterocycles. The second-order valence-electron chi connectivity index (χ2n) is 7.56. The normalized spacial score (nSPS) is 11.3. The molecule has 0 radical (unpaired) electrons. The highest BCUT2D eigenvalue weighted by atomic mass is 35.5. The van der Waals surface area contributed by atoms with Crippen LogP contribution in [0.3, 0.4) is 0 Å². The highest BCUT2D eigenvalue weighted by molar-refractivity contribution is 6.33. The molecule has 36 heavy (non-hydrogen) atoms. The maximum atomic E-state index is 15.4. The zero-order chi connectivity index (χ0) is 26.2. The lowest BCUT2D eigenvalue weighted by Crippen LogP contribution is -2.45. The molecule has 0 fully saturated rings. The molecule has 1 aromatic heterocycles. The number of hydrogen-bond acceptors (Lipinski definition) is 7. The minimum atomic E-state index is -1.42. The van der Waals surface area contributed by atoms with Crippen molar-refractivity contribution in [3.8, 4) is 11.5 Å². The molecule has 0 aliphatic carbocycles. The van der Waals surface area contributed by atoms with Crippen LogP contribution in [-0.4, -0.2) is 34.3 Å². The van der Waals surface area contributed by atoms with Crippen molar-refractivity contribution in [3.63, 3.8) is 0 Å². The summed E-state index contributed by atoms with van der Waals surface area (Å²) in [7, 11) is 0. The second kappa shape index (κ2) is 11.8. The average molecular weight is 515 g/mol. The molecule has 1 atom stereocenters. The zero-order valence-corrected chi connectivity index (χ0v) is 19.9. The lowest BCUT2D eigenvalue weighted by molar-refractivity contribution is -0.122. The molecule has 3 aromatic rings. The maximum absolute atomic E-state index is 15.4. The van der Waals surface area contributed by atoms with Crippen LogP contribution in [0.2, 0.25) is 5.02 Å². The quantitative estimate of drug-likeness (QED) is 0.145. The number of nitrogens with zero attached hydrogens (tertiary/aromatic N) is 1. The minimum absolute atomic E-state index is 0.0163. The number of halogens is 2. The van der Waals surface area contributed by atoms with E-state index in [4.69, 9.17) is 27.5 Å². The van der Waals surface area contributed by atoms with Gasteiger partial charge in [0.05, 0.1) is 17.2 Å². The number of amidine groups is 1. The van der Waals surface area contributed by atoms with E-state index in [1.54, 1.807) is 24.3 Å². The van der Waals surface area contributed by atoms with Crippen molar-refractivity contribution in [2.24, 2.45) is 5.73 Å². The molecular weight excluding hydrogens is 491 g/mol. The summed E-state index contributed by atoms with van der Waals surface area (Å²) < 4.78 is 20.7. The van der Waals surface area contributed by atoms with E-state index in [1.165, 1.54) is 18.5 Å². The number of phenols is 1. The van der Waals surface area contributed by atoms with Crippen LogP contribution < -0.4 is 26.6 Å². The van der Waals surface area contributed by atoms with Crippen LogP contribution in [-0.2, 0) is 4.79 Å². The van der Waals surface area contributed by atoms with E-state index in [0.29, 0.717) is 17.7 Å². The highest BCUT2D eigenvalue weighted by Crippen LogP contribution is 2.32. The number of carbonyl (C=O) groups is 2. The smallest absolute Gasteiger partial charge is 0.272 e. The Kier molecular flexibility index (Phi) is 8.63. The summed E-state index contributed by atoms with van der Waals surface area (Å²) in [6.07, 6.45) is 3.22. The molecule has 2 aromatic carbocycles. The van der Waals surface area contributed by atoms with E-state index in [1.807, 2.05) is 6.92 Å². The molecule has 0 bridgehead atoms. The number of carbonyl (C=O) groups excluding carboxylic acids is 2. The number of anilines is 1. The van der Waals surface area contributed by atoms with Crippen LogP contribution in [0.25, 0.3) is 0 Å². The van der Waals surface area contributed by atoms with E-state index < -0.39 is 23.7 Å². The van der Waals surface area contributed by atoms with Crippen LogP contribution in [0.5, 0.6) is 11.5 Å². The molecule has 1 unspecified atom stereocenters. The number of nitrogens with two attached hydrogens (primary N) is 1. The Balaban J connectivity index is 1.92. The molecule has 0 spiro atoms. The number of pyridine rings is 1. The lowest BCUT2D eigenvalue weighted by Gasteiger charge is -2.22. The number of hydrazine groups is 1. The van der Waals surface area contributed by atoms with Crippen LogP contribution >= 0.6 is 11.6 Å². The molecule has 12 heteroatoms. The monoisotopic (exact) mass is 514 g/mol. The van der Waals surface area contributed by atoms with Gasteiger partial charge in [0.1, 0.15) is 17.6 Å². The maximum Gasteiger partial charge on any atom is 0.272 e. The second-order valence-corrected chi connectivity index (χ2v) is 7.97. The van der Waals surface area contributed by atoms with Gasteiger partial charge in [-0.2, -0.15) is 0 Å². The van der Waals surface area contributed by atoms with E-state index in [9.17, 15) is 14.7 Å². The first-order valence-electron chi connectivity index (χ1n) is 10.8. The number of nitrogen functional groups attached to an aromatic ring is 1. The van der Waals surface area contributed by atoms with Gasteiger partial charge in [0.15, 0.2) is 11.6 Å². The summed E-state index contributed by atoms with van der Waals surface area (Å²) in [6, 6.07) is 8.34. The van der Waals surface area contributed by atoms with Gasteiger partial charge in [-0.15, -0.1) is 0 Å². The van der Waals surface area contributed by atoms with Crippen LogP contribution in [0.1, 0.15) is 40.9 Å². The number of aromatic hydroxyl groups is 1. The molecular formula is C24H24ClFN6O4. The third-order valence-electron chi connectivity index (χ3n) is 4.91. The van der Waals surface area contributed by atoms with Gasteiger partial charge in [-0.1, -0.05) is 18.5 Å². The molecule has 3 rings (SSSR count). The number of benzene rings is 2. The van der Waals surface area contributed by atoms with Crippen LogP contribution in [0, 0.1) is 11.2 Å². The van der Waals surface area contributed by atoms with E-state index >= 15 is 4.39 Å². The minimum Gasteiger partial charge on any atom is -0.508 e. The summed E-state index contributed by atoms with van der Waals surface area (Å²) >= 11 is 5.99. The Morgan fingerprint density at radius 1 is 1.22 bits per heavy atom. The number of hydrogen-bond donors (Lipinski definition) is 6. The number of ether oxygens (including phenoxy) is 1. The Hall–Kier alpha value is -4.38. The number of phenolic OH excluding ortho intramolecular Hbond substituents is 1. The largest absolute Gasteiger partial charge is 0.508 e. The van der Waals surface area contributed by atoms with Crippen LogP contribution in [0.4, 0.5) is 10.1 Å². The van der Waals surface area contributed by atoms with Gasteiger partial charge in [-0.3, -0.25) is 30.8 Å². The van der Waals surface area contributed by atoms with Gasteiger partial charge in [-0.25, -0.2) is 4.39 Å². The number of aromatic nitrogens is 1. The van der Waals surface area contributed by atoms with E-state index in [0.717, 1.165) is 12.1 Å². The van der Waals surface area contributed by atoms with Crippen molar-refractivity contribution in [3.05, 3.63) is 82.4 Å². The molecule has 2 amide bonds. The highest BCUT2D eigenvalue weighted by Gasteiger charge is 2.27. The third-order valence-corrected chi connectivity index (χ3v) is 5.24.